The summed E-state index contributed by atoms with van der Waals surface area (Å²) in [5, 5.41) is 1.03. The number of sulfonamides is 1. The summed E-state index contributed by atoms with van der Waals surface area (Å²) in [5.41, 5.74) is 1.56. The summed E-state index contributed by atoms with van der Waals surface area (Å²) in [6, 6.07) is 16.0. The van der Waals surface area contributed by atoms with Crippen LogP contribution in [0.1, 0.15) is 30.5 Å². The van der Waals surface area contributed by atoms with Crippen LogP contribution in [0.15, 0.2) is 77.8 Å². The predicted octanol–water partition coefficient (Wildman–Crippen LogP) is 6.33. The summed E-state index contributed by atoms with van der Waals surface area (Å²) >= 11 is 18.7. The molecule has 10 heteroatoms. The van der Waals surface area contributed by atoms with Crippen LogP contribution in [-0.2, 0) is 21.4 Å². The van der Waals surface area contributed by atoms with Crippen LogP contribution in [0.25, 0.3) is 6.08 Å². The molecular formula is C28H26Cl3N3O3S. The molecule has 2 saturated heterocycles. The van der Waals surface area contributed by atoms with Crippen molar-refractivity contribution < 1.29 is 13.2 Å². The van der Waals surface area contributed by atoms with E-state index in [4.69, 9.17) is 34.8 Å². The average Bonchev–Trinajstić information content (AvgIpc) is 2.96. The summed E-state index contributed by atoms with van der Waals surface area (Å²) in [6.45, 7) is 0.635. The maximum absolute atomic E-state index is 14.1. The molecular weight excluding hydrogens is 565 g/mol. The number of hydrogen-bond acceptors (Lipinski definition) is 4. The van der Waals surface area contributed by atoms with Gasteiger partial charge in [-0.05, 0) is 61.2 Å². The highest BCUT2D eigenvalue weighted by Crippen LogP contribution is 2.39. The molecule has 38 heavy (non-hydrogen) atoms. The molecule has 198 valence electrons. The Hall–Kier alpha value is -2.42. The van der Waals surface area contributed by atoms with Crippen molar-refractivity contribution in [1.29, 1.82) is 0 Å². The molecule has 2 aliphatic rings. The number of amides is 1. The molecule has 2 aromatic carbocycles. The van der Waals surface area contributed by atoms with Crippen LogP contribution in [0.3, 0.4) is 0 Å². The lowest BCUT2D eigenvalue weighted by molar-refractivity contribution is -0.135. The van der Waals surface area contributed by atoms with E-state index in [0.29, 0.717) is 24.4 Å². The van der Waals surface area contributed by atoms with Crippen LogP contribution in [0.5, 0.6) is 0 Å². The maximum Gasteiger partial charge on any atom is 0.244 e. The number of hydrogen-bond donors (Lipinski definition) is 0. The third kappa shape index (κ3) is 5.63. The van der Waals surface area contributed by atoms with E-state index in [-0.39, 0.29) is 33.3 Å². The van der Waals surface area contributed by atoms with E-state index < -0.39 is 22.1 Å². The van der Waals surface area contributed by atoms with Crippen molar-refractivity contribution in [3.63, 3.8) is 0 Å². The highest BCUT2D eigenvalue weighted by molar-refractivity contribution is 7.89. The molecule has 0 unspecified atom stereocenters. The SMILES string of the molecule is O=C1[C@@H]2CCC[C@H]([C@@H](/C=C/c3ccccc3Cl)CN1Cc1ccccn1)N2S(=O)(=O)c1cc(Cl)cc(Cl)c1. The van der Waals surface area contributed by atoms with Crippen molar-refractivity contribution in [3.05, 3.63) is 99.3 Å². The minimum absolute atomic E-state index is 0.0216. The van der Waals surface area contributed by atoms with Gasteiger partial charge in [-0.1, -0.05) is 71.2 Å². The van der Waals surface area contributed by atoms with E-state index in [0.717, 1.165) is 17.7 Å². The summed E-state index contributed by atoms with van der Waals surface area (Å²) < 4.78 is 29.6. The second kappa shape index (κ2) is 11.4. The van der Waals surface area contributed by atoms with E-state index in [9.17, 15) is 13.2 Å². The zero-order valence-electron chi connectivity index (χ0n) is 20.4. The molecule has 3 heterocycles. The summed E-state index contributed by atoms with van der Waals surface area (Å²) in [4.78, 5) is 20.1. The fourth-order valence-corrected chi connectivity index (χ4v) is 8.12. The van der Waals surface area contributed by atoms with Crippen LogP contribution in [0.4, 0.5) is 0 Å². The highest BCUT2D eigenvalue weighted by atomic mass is 35.5. The van der Waals surface area contributed by atoms with Gasteiger partial charge in [-0.25, -0.2) is 8.42 Å². The lowest BCUT2D eigenvalue weighted by Gasteiger charge is -2.40. The lowest BCUT2D eigenvalue weighted by Crippen LogP contribution is -2.54. The molecule has 0 spiro atoms. The van der Waals surface area contributed by atoms with Crippen molar-refractivity contribution in [2.45, 2.75) is 42.8 Å². The number of fused-ring (bicyclic) bond motifs is 2. The lowest BCUT2D eigenvalue weighted by atomic mass is 9.90. The molecule has 6 nitrogen and oxygen atoms in total. The van der Waals surface area contributed by atoms with Crippen LogP contribution in [0.2, 0.25) is 15.1 Å². The fraction of sp³-hybridized carbons (Fsp3) is 0.286. The Morgan fingerprint density at radius 2 is 1.71 bits per heavy atom. The molecule has 0 N–H and O–H groups in total. The molecule has 1 amide bonds. The number of rotatable bonds is 6. The molecule has 2 aliphatic heterocycles. The van der Waals surface area contributed by atoms with Crippen molar-refractivity contribution in [2.24, 2.45) is 5.92 Å². The van der Waals surface area contributed by atoms with Gasteiger partial charge in [-0.2, -0.15) is 4.31 Å². The van der Waals surface area contributed by atoms with Crippen LogP contribution >= 0.6 is 34.8 Å². The number of nitrogens with zero attached hydrogens (tertiary/aromatic N) is 3. The molecule has 2 bridgehead atoms. The number of aromatic nitrogens is 1. The largest absolute Gasteiger partial charge is 0.335 e. The second-order valence-electron chi connectivity index (χ2n) is 9.54. The molecule has 0 aliphatic carbocycles. The number of halogens is 3. The Morgan fingerprint density at radius 1 is 0.974 bits per heavy atom. The Morgan fingerprint density at radius 3 is 2.42 bits per heavy atom. The second-order valence-corrected chi connectivity index (χ2v) is 12.7. The van der Waals surface area contributed by atoms with Crippen molar-refractivity contribution >= 4 is 56.8 Å². The van der Waals surface area contributed by atoms with Crippen LogP contribution < -0.4 is 0 Å². The quantitative estimate of drug-likeness (QED) is 0.337. The van der Waals surface area contributed by atoms with E-state index in [2.05, 4.69) is 4.98 Å². The average molecular weight is 591 g/mol. The normalized spacial score (nSPS) is 22.6. The first kappa shape index (κ1) is 27.2. The number of pyridine rings is 1. The number of carbonyl (C=O) groups is 1. The number of benzene rings is 2. The Labute approximate surface area is 237 Å². The highest BCUT2D eigenvalue weighted by Gasteiger charge is 2.49. The van der Waals surface area contributed by atoms with E-state index >= 15 is 0 Å². The summed E-state index contributed by atoms with van der Waals surface area (Å²) in [5.74, 6) is -0.514. The van der Waals surface area contributed by atoms with Gasteiger partial charge in [-0.15, -0.1) is 0 Å². The van der Waals surface area contributed by atoms with Crippen molar-refractivity contribution in [2.75, 3.05) is 6.54 Å². The monoisotopic (exact) mass is 589 g/mol. The standard InChI is InChI=1S/C28H26Cl3N3O3S/c29-21-14-22(30)16-24(15-21)38(36,37)34-26-9-5-10-27(34)28(35)33(18-23-7-3-4-13-32-23)17-20(26)12-11-19-6-1-2-8-25(19)31/h1-4,6-8,11-16,20,26-27H,5,9-10,17-18H2/b12-11+/t20-,26+,27-/m0/s1. The van der Waals surface area contributed by atoms with Crippen molar-refractivity contribution in [1.82, 2.24) is 14.2 Å². The van der Waals surface area contributed by atoms with Crippen molar-refractivity contribution in [3.8, 4) is 0 Å². The molecule has 3 aromatic rings. The molecule has 0 saturated carbocycles. The van der Waals surface area contributed by atoms with Gasteiger partial charge < -0.3 is 4.90 Å². The Kier molecular flexibility index (Phi) is 8.12. The molecule has 5 rings (SSSR count). The molecule has 0 radical (unpaired) electrons. The topological polar surface area (TPSA) is 70.6 Å². The van der Waals surface area contributed by atoms with Gasteiger partial charge in [0.25, 0.3) is 0 Å². The van der Waals surface area contributed by atoms with Gasteiger partial charge in [0, 0.05) is 39.8 Å². The third-order valence-corrected chi connectivity index (χ3v) is 9.74. The smallest absolute Gasteiger partial charge is 0.244 e. The van der Waals surface area contributed by atoms with Gasteiger partial charge in [-0.3, -0.25) is 9.78 Å². The zero-order valence-corrected chi connectivity index (χ0v) is 23.5. The first-order chi connectivity index (χ1) is 18.2. The van der Waals surface area contributed by atoms with Gasteiger partial charge in [0.05, 0.1) is 17.1 Å². The van der Waals surface area contributed by atoms with E-state index in [1.165, 1.54) is 22.5 Å². The predicted molar refractivity (Wildman–Crippen MR) is 151 cm³/mol. The van der Waals surface area contributed by atoms with Crippen LogP contribution in [-0.4, -0.2) is 47.1 Å². The third-order valence-electron chi connectivity index (χ3n) is 7.05. The molecule has 2 fully saturated rings. The van der Waals surface area contributed by atoms with Gasteiger partial charge >= 0.3 is 0 Å². The minimum Gasteiger partial charge on any atom is -0.335 e. The first-order valence-electron chi connectivity index (χ1n) is 12.3. The van der Waals surface area contributed by atoms with Crippen LogP contribution in [0, 0.1) is 5.92 Å². The summed E-state index contributed by atoms with van der Waals surface area (Å²) in [7, 11) is -4.10. The van der Waals surface area contributed by atoms with Gasteiger partial charge in [0.15, 0.2) is 0 Å². The van der Waals surface area contributed by atoms with Gasteiger partial charge in [0.2, 0.25) is 15.9 Å². The summed E-state index contributed by atoms with van der Waals surface area (Å²) in [6.07, 6.45) is 7.36. The maximum atomic E-state index is 14.1. The first-order valence-corrected chi connectivity index (χ1v) is 14.9. The Balaban J connectivity index is 1.59. The molecule has 3 atom stereocenters. The Bertz CT molecular complexity index is 1450. The number of piperidine rings is 1. The van der Waals surface area contributed by atoms with E-state index in [1.807, 2.05) is 54.6 Å². The van der Waals surface area contributed by atoms with E-state index in [1.54, 1.807) is 11.1 Å². The zero-order chi connectivity index (χ0) is 26.9. The fourth-order valence-electron chi connectivity index (χ4n) is 5.32. The van der Waals surface area contributed by atoms with Gasteiger partial charge in [0.1, 0.15) is 6.04 Å². The number of carbonyl (C=O) groups excluding carboxylic acids is 1. The minimum atomic E-state index is -4.10. The molecule has 1 aromatic heterocycles.